The summed E-state index contributed by atoms with van der Waals surface area (Å²) in [6.07, 6.45) is 5.43. The average Bonchev–Trinajstić information content (AvgIpc) is 2.38. The molecule has 0 aliphatic heterocycles. The smallest absolute Gasteiger partial charge is 0.0601 e. The number of aromatic nitrogens is 1. The summed E-state index contributed by atoms with van der Waals surface area (Å²) in [4.78, 5) is 6.13. The van der Waals surface area contributed by atoms with Gasteiger partial charge in [0.15, 0.2) is 0 Å². The zero-order chi connectivity index (χ0) is 12.7. The quantitative estimate of drug-likeness (QED) is 0.731. The van der Waals surface area contributed by atoms with Gasteiger partial charge in [0.1, 0.15) is 0 Å². The fraction of sp³-hybridized carbons (Fsp3) is 0.615. The highest BCUT2D eigenvalue weighted by Crippen LogP contribution is 2.06. The summed E-state index contributed by atoms with van der Waals surface area (Å²) in [7, 11) is 2.01. The van der Waals surface area contributed by atoms with Crippen LogP contribution in [0.5, 0.6) is 0 Å². The van der Waals surface area contributed by atoms with Gasteiger partial charge in [-0.3, -0.25) is 9.88 Å². The molecule has 1 aromatic rings. The van der Waals surface area contributed by atoms with Gasteiger partial charge in [0, 0.05) is 31.0 Å². The second-order valence-corrected chi connectivity index (χ2v) is 4.41. The summed E-state index contributed by atoms with van der Waals surface area (Å²) < 4.78 is 0. The molecule has 0 amide bonds. The van der Waals surface area contributed by atoms with Crippen LogP contribution in [0.4, 0.5) is 0 Å². The highest BCUT2D eigenvalue weighted by atomic mass is 16.3. The Bertz CT molecular complexity index is 305. The van der Waals surface area contributed by atoms with Crippen LogP contribution in [0.25, 0.3) is 0 Å². The maximum absolute atomic E-state index is 9.36. The van der Waals surface area contributed by atoms with E-state index in [9.17, 15) is 5.11 Å². The molecule has 0 aliphatic rings. The second kappa shape index (κ2) is 7.37. The summed E-state index contributed by atoms with van der Waals surface area (Å²) >= 11 is 0. The molecule has 0 fully saturated rings. The van der Waals surface area contributed by atoms with E-state index >= 15 is 0 Å². The van der Waals surface area contributed by atoms with Crippen LogP contribution >= 0.6 is 0 Å². The fourth-order valence-electron chi connectivity index (χ4n) is 1.89. The highest BCUT2D eigenvalue weighted by Gasteiger charge is 2.19. The molecule has 2 unspecified atom stereocenters. The molecule has 0 saturated carbocycles. The van der Waals surface area contributed by atoms with Gasteiger partial charge >= 0.3 is 0 Å². The van der Waals surface area contributed by atoms with Gasteiger partial charge in [-0.05, 0) is 37.6 Å². The summed E-state index contributed by atoms with van der Waals surface area (Å²) in [5.74, 6) is 0. The first kappa shape index (κ1) is 14.1. The molecule has 0 aromatic carbocycles. The molecule has 0 aliphatic carbocycles. The minimum atomic E-state index is 0.0300. The van der Waals surface area contributed by atoms with Crippen molar-refractivity contribution < 1.29 is 5.11 Å². The van der Waals surface area contributed by atoms with E-state index in [1.807, 2.05) is 26.1 Å². The lowest BCUT2D eigenvalue weighted by Crippen LogP contribution is -2.48. The number of nitrogens with zero attached hydrogens (tertiary/aromatic N) is 2. The minimum absolute atomic E-state index is 0.0300. The van der Waals surface area contributed by atoms with E-state index in [4.69, 9.17) is 5.73 Å². The van der Waals surface area contributed by atoms with E-state index in [1.54, 1.807) is 12.4 Å². The highest BCUT2D eigenvalue weighted by molar-refractivity contribution is 5.09. The van der Waals surface area contributed by atoms with Gasteiger partial charge in [-0.2, -0.15) is 0 Å². The van der Waals surface area contributed by atoms with Gasteiger partial charge in [-0.1, -0.05) is 6.92 Å². The number of aliphatic hydroxyl groups excluding tert-OH is 1. The van der Waals surface area contributed by atoms with Crippen LogP contribution in [0.1, 0.15) is 18.9 Å². The molecule has 0 spiro atoms. The summed E-state index contributed by atoms with van der Waals surface area (Å²) in [5.41, 5.74) is 7.24. The molecule has 1 heterocycles. The Kier molecular flexibility index (Phi) is 6.11. The molecule has 4 heteroatoms. The Labute approximate surface area is 103 Å². The van der Waals surface area contributed by atoms with Gasteiger partial charge in [-0.25, -0.2) is 0 Å². The molecule has 0 radical (unpaired) electrons. The van der Waals surface area contributed by atoms with Crippen LogP contribution in [0.2, 0.25) is 0 Å². The molecule has 2 atom stereocenters. The third-order valence-electron chi connectivity index (χ3n) is 3.22. The number of aliphatic hydroxyl groups is 1. The Morgan fingerprint density at radius 3 is 2.59 bits per heavy atom. The molecule has 17 heavy (non-hydrogen) atoms. The van der Waals surface area contributed by atoms with Gasteiger partial charge < -0.3 is 10.8 Å². The first-order valence-electron chi connectivity index (χ1n) is 6.14. The van der Waals surface area contributed by atoms with Crippen LogP contribution in [0.15, 0.2) is 24.5 Å². The molecule has 96 valence electrons. The first-order valence-corrected chi connectivity index (χ1v) is 6.14. The predicted octanol–water partition coefficient (Wildman–Crippen LogP) is 0.654. The molecular formula is C13H23N3O. The van der Waals surface area contributed by atoms with Crippen LogP contribution in [-0.2, 0) is 6.42 Å². The van der Waals surface area contributed by atoms with E-state index < -0.39 is 0 Å². The minimum Gasteiger partial charge on any atom is -0.395 e. The van der Waals surface area contributed by atoms with Crippen molar-refractivity contribution in [2.45, 2.75) is 31.8 Å². The van der Waals surface area contributed by atoms with Gasteiger partial charge in [0.25, 0.3) is 0 Å². The topological polar surface area (TPSA) is 62.4 Å². The van der Waals surface area contributed by atoms with Crippen LogP contribution in [0.3, 0.4) is 0 Å². The van der Waals surface area contributed by atoms with Crippen molar-refractivity contribution in [1.29, 1.82) is 0 Å². The molecule has 0 saturated heterocycles. The zero-order valence-corrected chi connectivity index (χ0v) is 10.7. The number of rotatable bonds is 7. The van der Waals surface area contributed by atoms with Crippen molar-refractivity contribution >= 4 is 0 Å². The predicted molar refractivity (Wildman–Crippen MR) is 69.7 cm³/mol. The maximum atomic E-state index is 9.36. The molecule has 0 bridgehead atoms. The first-order chi connectivity index (χ1) is 8.19. The lowest BCUT2D eigenvalue weighted by molar-refractivity contribution is 0.126. The molecule has 3 N–H and O–H groups in total. The lowest BCUT2D eigenvalue weighted by atomic mass is 10.1. The lowest BCUT2D eigenvalue weighted by Gasteiger charge is -2.30. The largest absolute Gasteiger partial charge is 0.395 e. The second-order valence-electron chi connectivity index (χ2n) is 4.41. The van der Waals surface area contributed by atoms with Crippen molar-refractivity contribution in [2.75, 3.05) is 20.2 Å². The summed E-state index contributed by atoms with van der Waals surface area (Å²) in [5, 5.41) is 9.36. The normalized spacial score (nSPS) is 14.9. The van der Waals surface area contributed by atoms with Crippen LogP contribution < -0.4 is 5.73 Å². The number of nitrogens with two attached hydrogens (primary N) is 1. The Morgan fingerprint density at radius 2 is 2.06 bits per heavy atom. The van der Waals surface area contributed by atoms with E-state index in [0.29, 0.717) is 0 Å². The van der Waals surface area contributed by atoms with Gasteiger partial charge in [-0.15, -0.1) is 0 Å². The third kappa shape index (κ3) is 4.42. The van der Waals surface area contributed by atoms with Gasteiger partial charge in [0.05, 0.1) is 6.61 Å². The monoisotopic (exact) mass is 237 g/mol. The molecule has 1 aromatic heterocycles. The molecule has 1 rings (SSSR count). The number of likely N-dealkylation sites (N-methyl/N-ethyl adjacent to an activating group) is 1. The summed E-state index contributed by atoms with van der Waals surface area (Å²) in [6.45, 7) is 3.05. The van der Waals surface area contributed by atoms with E-state index in [1.165, 1.54) is 5.56 Å². The van der Waals surface area contributed by atoms with Crippen molar-refractivity contribution in [3.63, 3.8) is 0 Å². The fourth-order valence-corrected chi connectivity index (χ4v) is 1.89. The third-order valence-corrected chi connectivity index (χ3v) is 3.22. The van der Waals surface area contributed by atoms with Crippen LogP contribution in [0, 0.1) is 0 Å². The maximum Gasteiger partial charge on any atom is 0.0601 e. The van der Waals surface area contributed by atoms with Crippen molar-refractivity contribution in [1.82, 2.24) is 9.88 Å². The van der Waals surface area contributed by atoms with E-state index in [2.05, 4.69) is 9.88 Å². The van der Waals surface area contributed by atoms with E-state index in [-0.39, 0.29) is 18.7 Å². The zero-order valence-electron chi connectivity index (χ0n) is 10.7. The SMILES string of the molecule is CCC(N)C(CO)N(C)CCc1ccncc1. The van der Waals surface area contributed by atoms with Crippen LogP contribution in [-0.4, -0.2) is 47.3 Å². The standard InChI is InChI=1S/C13H23N3O/c1-3-12(14)13(10-17)16(2)9-6-11-4-7-15-8-5-11/h4-5,7-8,12-13,17H,3,6,9-10,14H2,1-2H3. The number of hydrogen-bond donors (Lipinski definition) is 2. The van der Waals surface area contributed by atoms with Crippen molar-refractivity contribution in [3.8, 4) is 0 Å². The molecular weight excluding hydrogens is 214 g/mol. The van der Waals surface area contributed by atoms with Gasteiger partial charge in [0.2, 0.25) is 0 Å². The van der Waals surface area contributed by atoms with Crippen molar-refractivity contribution in [3.05, 3.63) is 30.1 Å². The average molecular weight is 237 g/mol. The van der Waals surface area contributed by atoms with E-state index in [0.717, 1.165) is 19.4 Å². The Morgan fingerprint density at radius 1 is 1.41 bits per heavy atom. The number of hydrogen-bond acceptors (Lipinski definition) is 4. The van der Waals surface area contributed by atoms with Crippen molar-refractivity contribution in [2.24, 2.45) is 5.73 Å². The molecule has 4 nitrogen and oxygen atoms in total. The summed E-state index contributed by atoms with van der Waals surface area (Å²) in [6, 6.07) is 4.10. The Balaban J connectivity index is 2.45. The Hall–Kier alpha value is -0.970. The number of pyridine rings is 1.